The van der Waals surface area contributed by atoms with Gasteiger partial charge in [0.25, 0.3) is 0 Å². The number of carbonyl (C=O) groups is 1. The Kier molecular flexibility index (Phi) is 4.16. The molecule has 2 N–H and O–H groups in total. The SMILES string of the molecule is O=C1CCC(NS(=O)(=O)c2cccc(F)c2)CCN1. The zero-order valence-corrected chi connectivity index (χ0v) is 11.0. The minimum absolute atomic E-state index is 0.0764. The fourth-order valence-corrected chi connectivity index (χ4v) is 3.30. The third-order valence-corrected chi connectivity index (χ3v) is 4.48. The molecule has 0 bridgehead atoms. The summed E-state index contributed by atoms with van der Waals surface area (Å²) in [4.78, 5) is 11.1. The van der Waals surface area contributed by atoms with Crippen LogP contribution in [-0.4, -0.2) is 26.9 Å². The number of amides is 1. The number of hydrogen-bond acceptors (Lipinski definition) is 3. The smallest absolute Gasteiger partial charge is 0.240 e. The van der Waals surface area contributed by atoms with Crippen molar-refractivity contribution in [1.29, 1.82) is 0 Å². The van der Waals surface area contributed by atoms with Crippen molar-refractivity contribution in [2.75, 3.05) is 6.54 Å². The molecule has 1 atom stereocenters. The molecule has 1 heterocycles. The summed E-state index contributed by atoms with van der Waals surface area (Å²) in [6.45, 7) is 0.440. The first-order valence-corrected chi connectivity index (χ1v) is 7.50. The third-order valence-electron chi connectivity index (χ3n) is 2.96. The number of hydrogen-bond donors (Lipinski definition) is 2. The summed E-state index contributed by atoms with van der Waals surface area (Å²) >= 11 is 0. The first kappa shape index (κ1) is 14.0. The van der Waals surface area contributed by atoms with E-state index >= 15 is 0 Å². The number of sulfonamides is 1. The van der Waals surface area contributed by atoms with E-state index in [1.54, 1.807) is 0 Å². The Hall–Kier alpha value is -1.47. The second-order valence-corrected chi connectivity index (χ2v) is 6.17. The molecule has 19 heavy (non-hydrogen) atoms. The second-order valence-electron chi connectivity index (χ2n) is 4.45. The highest BCUT2D eigenvalue weighted by atomic mass is 32.2. The first-order chi connectivity index (χ1) is 8.97. The van der Waals surface area contributed by atoms with Crippen LogP contribution < -0.4 is 10.0 Å². The van der Waals surface area contributed by atoms with Crippen molar-refractivity contribution in [2.45, 2.75) is 30.2 Å². The van der Waals surface area contributed by atoms with E-state index in [9.17, 15) is 17.6 Å². The van der Waals surface area contributed by atoms with Gasteiger partial charge in [-0.05, 0) is 31.0 Å². The van der Waals surface area contributed by atoms with Crippen LogP contribution in [0, 0.1) is 5.82 Å². The van der Waals surface area contributed by atoms with E-state index < -0.39 is 15.8 Å². The van der Waals surface area contributed by atoms with Crippen molar-refractivity contribution in [3.05, 3.63) is 30.1 Å². The van der Waals surface area contributed by atoms with Crippen molar-refractivity contribution in [3.63, 3.8) is 0 Å². The van der Waals surface area contributed by atoms with Gasteiger partial charge in [-0.1, -0.05) is 6.07 Å². The lowest BCUT2D eigenvalue weighted by molar-refractivity contribution is -0.120. The highest BCUT2D eigenvalue weighted by molar-refractivity contribution is 7.89. The van der Waals surface area contributed by atoms with Crippen molar-refractivity contribution in [1.82, 2.24) is 10.0 Å². The Morgan fingerprint density at radius 3 is 2.84 bits per heavy atom. The van der Waals surface area contributed by atoms with Gasteiger partial charge >= 0.3 is 0 Å². The predicted molar refractivity (Wildman–Crippen MR) is 67.4 cm³/mol. The number of rotatable bonds is 3. The molecule has 7 heteroatoms. The van der Waals surface area contributed by atoms with Gasteiger partial charge in [0, 0.05) is 19.0 Å². The minimum Gasteiger partial charge on any atom is -0.356 e. The summed E-state index contributed by atoms with van der Waals surface area (Å²) in [6, 6.07) is 4.54. The zero-order chi connectivity index (χ0) is 13.9. The molecule has 1 aromatic rings. The van der Waals surface area contributed by atoms with Crippen LogP contribution in [0.15, 0.2) is 29.2 Å². The van der Waals surface area contributed by atoms with Crippen LogP contribution >= 0.6 is 0 Å². The number of halogens is 1. The molecule has 1 aromatic carbocycles. The maximum Gasteiger partial charge on any atom is 0.240 e. The zero-order valence-electron chi connectivity index (χ0n) is 10.2. The van der Waals surface area contributed by atoms with Gasteiger partial charge in [0.2, 0.25) is 15.9 Å². The lowest BCUT2D eigenvalue weighted by Crippen LogP contribution is -2.35. The van der Waals surface area contributed by atoms with E-state index in [2.05, 4.69) is 10.0 Å². The Morgan fingerprint density at radius 1 is 1.32 bits per heavy atom. The van der Waals surface area contributed by atoms with Crippen LogP contribution in [-0.2, 0) is 14.8 Å². The molecule has 1 fully saturated rings. The second kappa shape index (κ2) is 5.66. The molecule has 104 valence electrons. The standard InChI is InChI=1S/C12H15FN2O3S/c13-9-2-1-3-11(8-9)19(17,18)15-10-4-5-12(16)14-7-6-10/h1-3,8,10,15H,4-7H2,(H,14,16). The van der Waals surface area contributed by atoms with E-state index in [1.165, 1.54) is 18.2 Å². The van der Waals surface area contributed by atoms with Gasteiger partial charge in [0.05, 0.1) is 4.90 Å². The lowest BCUT2D eigenvalue weighted by atomic mass is 10.1. The molecule has 1 saturated heterocycles. The molecular weight excluding hydrogens is 271 g/mol. The highest BCUT2D eigenvalue weighted by Crippen LogP contribution is 2.14. The quantitative estimate of drug-likeness (QED) is 0.862. The molecule has 1 amide bonds. The average Bonchev–Trinajstić information content (AvgIpc) is 2.54. The number of carbonyl (C=O) groups excluding carboxylic acids is 1. The highest BCUT2D eigenvalue weighted by Gasteiger charge is 2.22. The van der Waals surface area contributed by atoms with Gasteiger partial charge in [-0.25, -0.2) is 17.5 Å². The van der Waals surface area contributed by atoms with Gasteiger partial charge in [-0.15, -0.1) is 0 Å². The summed E-state index contributed by atoms with van der Waals surface area (Å²) in [5, 5.41) is 2.68. The molecule has 1 aliphatic rings. The number of benzene rings is 1. The van der Waals surface area contributed by atoms with Crippen molar-refractivity contribution in [2.24, 2.45) is 0 Å². The van der Waals surface area contributed by atoms with Crippen LogP contribution in [0.2, 0.25) is 0 Å². The molecule has 0 saturated carbocycles. The fourth-order valence-electron chi connectivity index (χ4n) is 1.96. The molecule has 1 unspecified atom stereocenters. The largest absolute Gasteiger partial charge is 0.356 e. The predicted octanol–water partition coefficient (Wildman–Crippen LogP) is 0.773. The van der Waals surface area contributed by atoms with E-state index in [0.717, 1.165) is 6.07 Å². The van der Waals surface area contributed by atoms with Gasteiger partial charge in [-0.2, -0.15) is 0 Å². The maximum absolute atomic E-state index is 13.0. The molecule has 1 aliphatic heterocycles. The van der Waals surface area contributed by atoms with Gasteiger partial charge < -0.3 is 5.32 Å². The van der Waals surface area contributed by atoms with Crippen LogP contribution in [0.4, 0.5) is 4.39 Å². The number of nitrogens with one attached hydrogen (secondary N) is 2. The topological polar surface area (TPSA) is 75.3 Å². The molecule has 0 aromatic heterocycles. The molecule has 0 aliphatic carbocycles. The summed E-state index contributed by atoms with van der Waals surface area (Å²) in [5.74, 6) is -0.673. The molecule has 2 rings (SSSR count). The Balaban J connectivity index is 2.11. The van der Waals surface area contributed by atoms with Crippen molar-refractivity contribution in [3.8, 4) is 0 Å². The van der Waals surface area contributed by atoms with Crippen LogP contribution in [0.25, 0.3) is 0 Å². The van der Waals surface area contributed by atoms with Crippen LogP contribution in [0.3, 0.4) is 0 Å². The van der Waals surface area contributed by atoms with E-state index in [4.69, 9.17) is 0 Å². The minimum atomic E-state index is -3.75. The molecular formula is C12H15FN2O3S. The van der Waals surface area contributed by atoms with Crippen molar-refractivity contribution >= 4 is 15.9 Å². The average molecular weight is 286 g/mol. The Labute approximate surface area is 111 Å². The summed E-state index contributed by atoms with van der Waals surface area (Å²) in [6.07, 6.45) is 1.26. The molecule has 0 spiro atoms. The lowest BCUT2D eigenvalue weighted by Gasteiger charge is -2.15. The monoisotopic (exact) mass is 286 g/mol. The summed E-state index contributed by atoms with van der Waals surface area (Å²) in [7, 11) is -3.75. The first-order valence-electron chi connectivity index (χ1n) is 6.02. The third kappa shape index (κ3) is 3.74. The van der Waals surface area contributed by atoms with Gasteiger partial charge in [0.1, 0.15) is 5.82 Å². The van der Waals surface area contributed by atoms with Gasteiger partial charge in [0.15, 0.2) is 0 Å². The van der Waals surface area contributed by atoms with Crippen LogP contribution in [0.5, 0.6) is 0 Å². The fraction of sp³-hybridized carbons (Fsp3) is 0.417. The van der Waals surface area contributed by atoms with Crippen molar-refractivity contribution < 1.29 is 17.6 Å². The summed E-state index contributed by atoms with van der Waals surface area (Å²) in [5.41, 5.74) is 0. The maximum atomic E-state index is 13.0. The summed E-state index contributed by atoms with van der Waals surface area (Å²) < 4.78 is 39.7. The Bertz CT molecular complexity index is 574. The van der Waals surface area contributed by atoms with E-state index in [0.29, 0.717) is 19.4 Å². The van der Waals surface area contributed by atoms with E-state index in [1.807, 2.05) is 0 Å². The Morgan fingerprint density at radius 2 is 2.11 bits per heavy atom. The molecule has 5 nitrogen and oxygen atoms in total. The normalized spacial score (nSPS) is 20.7. The molecule has 0 radical (unpaired) electrons. The van der Waals surface area contributed by atoms with E-state index in [-0.39, 0.29) is 23.3 Å². The van der Waals surface area contributed by atoms with Gasteiger partial charge in [-0.3, -0.25) is 4.79 Å². The van der Waals surface area contributed by atoms with Crippen LogP contribution in [0.1, 0.15) is 19.3 Å².